The second kappa shape index (κ2) is 11.6. The Bertz CT molecular complexity index is 1650. The number of carbonyl (C=O) groups excluding carboxylic acids is 1. The van der Waals surface area contributed by atoms with E-state index in [1.165, 1.54) is 12.3 Å². The van der Waals surface area contributed by atoms with Gasteiger partial charge < -0.3 is 10.1 Å². The fourth-order valence-electron chi connectivity index (χ4n) is 4.68. The van der Waals surface area contributed by atoms with Crippen molar-refractivity contribution in [1.82, 2.24) is 10.3 Å². The van der Waals surface area contributed by atoms with E-state index in [9.17, 15) is 18.0 Å². The molecule has 4 aromatic carbocycles. The highest BCUT2D eigenvalue weighted by Gasteiger charge is 2.33. The van der Waals surface area contributed by atoms with Gasteiger partial charge >= 0.3 is 6.18 Å². The Labute approximate surface area is 230 Å². The zero-order chi connectivity index (χ0) is 28.1. The molecule has 7 heteroatoms. The molecule has 0 aliphatic heterocycles. The number of para-hydroxylation sites is 1. The molecule has 0 spiro atoms. The number of halogens is 3. The first-order chi connectivity index (χ1) is 19.3. The van der Waals surface area contributed by atoms with E-state index in [2.05, 4.69) is 10.3 Å². The number of rotatable bonds is 8. The van der Waals surface area contributed by atoms with Gasteiger partial charge in [0.15, 0.2) is 0 Å². The lowest BCUT2D eigenvalue weighted by Crippen LogP contribution is -2.23. The van der Waals surface area contributed by atoms with Crippen molar-refractivity contribution in [3.05, 3.63) is 126 Å². The van der Waals surface area contributed by atoms with Crippen molar-refractivity contribution >= 4 is 16.8 Å². The number of hydrogen-bond acceptors (Lipinski definition) is 3. The molecule has 202 valence electrons. The van der Waals surface area contributed by atoms with Crippen LogP contribution in [0.2, 0.25) is 0 Å². The molecule has 40 heavy (non-hydrogen) atoms. The third-order valence-electron chi connectivity index (χ3n) is 6.51. The first-order valence-corrected chi connectivity index (χ1v) is 13.0. The van der Waals surface area contributed by atoms with E-state index in [-0.39, 0.29) is 11.4 Å². The van der Waals surface area contributed by atoms with Crippen LogP contribution in [0.3, 0.4) is 0 Å². The van der Waals surface area contributed by atoms with Crippen molar-refractivity contribution in [2.75, 3.05) is 6.54 Å². The molecule has 0 radical (unpaired) electrons. The first-order valence-electron chi connectivity index (χ1n) is 13.0. The van der Waals surface area contributed by atoms with Crippen LogP contribution in [-0.2, 0) is 12.6 Å². The Kier molecular flexibility index (Phi) is 7.82. The molecule has 5 aromatic rings. The van der Waals surface area contributed by atoms with E-state index in [4.69, 9.17) is 4.74 Å². The molecule has 0 aliphatic carbocycles. The Morgan fingerprint density at radius 2 is 1.60 bits per heavy atom. The number of carbonyl (C=O) groups is 1. The van der Waals surface area contributed by atoms with Crippen LogP contribution in [0.25, 0.3) is 22.0 Å². The first kappa shape index (κ1) is 26.9. The summed E-state index contributed by atoms with van der Waals surface area (Å²) in [4.78, 5) is 16.7. The minimum atomic E-state index is -4.54. The summed E-state index contributed by atoms with van der Waals surface area (Å²) in [5, 5.41) is 3.26. The molecule has 0 unspecified atom stereocenters. The van der Waals surface area contributed by atoms with Crippen molar-refractivity contribution in [2.45, 2.75) is 25.9 Å². The molecule has 1 aromatic heterocycles. The van der Waals surface area contributed by atoms with Crippen molar-refractivity contribution in [3.8, 4) is 22.6 Å². The van der Waals surface area contributed by atoms with E-state index in [1.807, 2.05) is 43.3 Å². The highest BCUT2D eigenvalue weighted by Crippen LogP contribution is 2.40. The van der Waals surface area contributed by atoms with E-state index < -0.39 is 11.7 Å². The van der Waals surface area contributed by atoms with Crippen molar-refractivity contribution in [2.24, 2.45) is 0 Å². The average molecular weight is 541 g/mol. The molecule has 4 nitrogen and oxygen atoms in total. The van der Waals surface area contributed by atoms with E-state index in [1.54, 1.807) is 48.5 Å². The molecular formula is C33H27F3N2O2. The quantitative estimate of drug-likeness (QED) is 0.215. The van der Waals surface area contributed by atoms with Gasteiger partial charge in [0.25, 0.3) is 5.91 Å². The summed E-state index contributed by atoms with van der Waals surface area (Å²) in [5.74, 6) is 0.784. The van der Waals surface area contributed by atoms with Crippen LogP contribution >= 0.6 is 0 Å². The van der Waals surface area contributed by atoms with Gasteiger partial charge in [-0.15, -0.1) is 0 Å². The van der Waals surface area contributed by atoms with Gasteiger partial charge in [-0.3, -0.25) is 9.78 Å². The lowest BCUT2D eigenvalue weighted by atomic mass is 9.92. The summed E-state index contributed by atoms with van der Waals surface area (Å²) < 4.78 is 47.7. The van der Waals surface area contributed by atoms with E-state index in [0.717, 1.165) is 23.6 Å². The number of aromatic nitrogens is 1. The van der Waals surface area contributed by atoms with Gasteiger partial charge in [-0.1, -0.05) is 67.6 Å². The highest BCUT2D eigenvalue weighted by atomic mass is 19.4. The number of pyridine rings is 1. The summed E-state index contributed by atoms with van der Waals surface area (Å²) in [7, 11) is 0. The zero-order valence-corrected chi connectivity index (χ0v) is 21.8. The van der Waals surface area contributed by atoms with Crippen LogP contribution in [0.1, 0.15) is 40.4 Å². The van der Waals surface area contributed by atoms with Crippen molar-refractivity contribution < 1.29 is 22.7 Å². The third kappa shape index (κ3) is 5.99. The molecule has 0 fully saturated rings. The smallest absolute Gasteiger partial charge is 0.418 e. The van der Waals surface area contributed by atoms with Crippen LogP contribution < -0.4 is 10.1 Å². The molecule has 0 saturated carbocycles. The molecule has 0 aliphatic rings. The summed E-state index contributed by atoms with van der Waals surface area (Å²) in [6, 6.07) is 28.0. The largest absolute Gasteiger partial charge is 0.457 e. The fraction of sp³-hybridized carbons (Fsp3) is 0.152. The van der Waals surface area contributed by atoms with Gasteiger partial charge in [-0.05, 0) is 71.5 Å². The van der Waals surface area contributed by atoms with Crippen LogP contribution in [0.15, 0.2) is 103 Å². The maximum absolute atomic E-state index is 13.9. The van der Waals surface area contributed by atoms with Gasteiger partial charge in [0, 0.05) is 23.7 Å². The third-order valence-corrected chi connectivity index (χ3v) is 6.51. The van der Waals surface area contributed by atoms with Crippen LogP contribution in [0.5, 0.6) is 11.5 Å². The number of hydrogen-bond donors (Lipinski definition) is 1. The van der Waals surface area contributed by atoms with Crippen LogP contribution in [0.4, 0.5) is 13.2 Å². The monoisotopic (exact) mass is 540 g/mol. The number of benzene rings is 4. The van der Waals surface area contributed by atoms with E-state index >= 15 is 0 Å². The van der Waals surface area contributed by atoms with Crippen molar-refractivity contribution in [3.63, 3.8) is 0 Å². The second-order valence-corrected chi connectivity index (χ2v) is 9.43. The second-order valence-electron chi connectivity index (χ2n) is 9.43. The number of ether oxygens (including phenoxy) is 1. The minimum absolute atomic E-state index is 0.0982. The van der Waals surface area contributed by atoms with E-state index in [0.29, 0.717) is 46.5 Å². The Morgan fingerprint density at radius 1 is 0.875 bits per heavy atom. The molecule has 0 atom stereocenters. The summed E-state index contributed by atoms with van der Waals surface area (Å²) in [6.07, 6.45) is -1.68. The predicted molar refractivity (Wildman–Crippen MR) is 151 cm³/mol. The molecule has 0 saturated heterocycles. The Morgan fingerprint density at radius 3 is 2.35 bits per heavy atom. The molecule has 0 bridgehead atoms. The molecule has 1 N–H and O–H groups in total. The summed E-state index contributed by atoms with van der Waals surface area (Å²) in [5.41, 5.74) is 2.78. The standard InChI is InChI=1S/C33H27F3N2O2/c1-2-17-37-32(39)24-12-7-14-27(20-24)40-26-13-6-11-23(19-26)30-25(18-22-9-4-3-5-10-22)21-38-31-28(30)15-8-16-29(31)33(34,35)36/h3-16,19-21H,2,17-18H2,1H3,(H,37,39). The van der Waals surface area contributed by atoms with Gasteiger partial charge in [-0.25, -0.2) is 0 Å². The molecule has 5 rings (SSSR count). The SMILES string of the molecule is CCCNC(=O)c1cccc(Oc2cccc(-c3c(Cc4ccccc4)cnc4c(C(F)(F)F)cccc34)c2)c1. The zero-order valence-electron chi connectivity index (χ0n) is 21.8. The minimum Gasteiger partial charge on any atom is -0.457 e. The van der Waals surface area contributed by atoms with Crippen LogP contribution in [0, 0.1) is 0 Å². The Balaban J connectivity index is 1.58. The van der Waals surface area contributed by atoms with Crippen molar-refractivity contribution in [1.29, 1.82) is 0 Å². The maximum atomic E-state index is 13.9. The lowest BCUT2D eigenvalue weighted by Gasteiger charge is -2.17. The lowest BCUT2D eigenvalue weighted by molar-refractivity contribution is -0.136. The van der Waals surface area contributed by atoms with Gasteiger partial charge in [0.1, 0.15) is 11.5 Å². The average Bonchev–Trinajstić information content (AvgIpc) is 2.95. The molecular weight excluding hydrogens is 513 g/mol. The highest BCUT2D eigenvalue weighted by molar-refractivity contribution is 5.98. The summed E-state index contributed by atoms with van der Waals surface area (Å²) >= 11 is 0. The summed E-state index contributed by atoms with van der Waals surface area (Å²) in [6.45, 7) is 2.56. The number of amides is 1. The Hall–Kier alpha value is -4.65. The number of alkyl halides is 3. The van der Waals surface area contributed by atoms with Gasteiger partial charge in [0.2, 0.25) is 0 Å². The van der Waals surface area contributed by atoms with Crippen LogP contribution in [-0.4, -0.2) is 17.4 Å². The number of nitrogens with one attached hydrogen (secondary N) is 1. The predicted octanol–water partition coefficient (Wildman–Crippen LogP) is 8.44. The topological polar surface area (TPSA) is 51.2 Å². The van der Waals surface area contributed by atoms with Gasteiger partial charge in [-0.2, -0.15) is 13.2 Å². The molecule has 1 amide bonds. The number of nitrogens with zero attached hydrogens (tertiary/aromatic N) is 1. The normalized spacial score (nSPS) is 11.4. The number of fused-ring (bicyclic) bond motifs is 1. The van der Waals surface area contributed by atoms with Gasteiger partial charge in [0.05, 0.1) is 11.1 Å². The fourth-order valence-corrected chi connectivity index (χ4v) is 4.68. The maximum Gasteiger partial charge on any atom is 0.418 e. The molecule has 1 heterocycles.